The second kappa shape index (κ2) is 13.7. The van der Waals surface area contributed by atoms with Crippen molar-refractivity contribution in [3.8, 4) is 5.75 Å². The fraction of sp³-hybridized carbons (Fsp3) is 0.375. The first-order chi connectivity index (χ1) is 19.7. The fourth-order valence-electron chi connectivity index (χ4n) is 5.29. The van der Waals surface area contributed by atoms with Crippen LogP contribution in [-0.2, 0) is 32.6 Å². The lowest BCUT2D eigenvalue weighted by atomic mass is 10.0. The van der Waals surface area contributed by atoms with Gasteiger partial charge in [0.2, 0.25) is 21.8 Å². The summed E-state index contributed by atoms with van der Waals surface area (Å²) in [5.41, 5.74) is 2.84. The summed E-state index contributed by atoms with van der Waals surface area (Å²) in [4.78, 5) is 29.6. The van der Waals surface area contributed by atoms with Crippen molar-refractivity contribution in [1.82, 2.24) is 10.2 Å². The molecule has 0 saturated heterocycles. The first kappa shape index (κ1) is 30.1. The third-order valence-corrected chi connectivity index (χ3v) is 8.58. The number of ether oxygens (including phenoxy) is 1. The SMILES string of the molecule is COc1ccc(C)cc1N(CC(=O)N(Cc1ccccc1)[C@H](Cc1ccccc1)C(=O)NC1CCCC1)S(C)(=O)=O. The third kappa shape index (κ3) is 8.10. The lowest BCUT2D eigenvalue weighted by molar-refractivity contribution is -0.140. The summed E-state index contributed by atoms with van der Waals surface area (Å²) in [6, 6.07) is 23.4. The van der Waals surface area contributed by atoms with Crippen molar-refractivity contribution >= 4 is 27.5 Å². The molecule has 1 atom stereocenters. The number of sulfonamides is 1. The second-order valence-electron chi connectivity index (χ2n) is 10.6. The molecule has 0 unspecified atom stereocenters. The highest BCUT2D eigenvalue weighted by Crippen LogP contribution is 2.31. The van der Waals surface area contributed by atoms with Crippen LogP contribution >= 0.6 is 0 Å². The predicted octanol–water partition coefficient (Wildman–Crippen LogP) is 4.47. The molecule has 0 spiro atoms. The van der Waals surface area contributed by atoms with Crippen LogP contribution in [0.3, 0.4) is 0 Å². The largest absolute Gasteiger partial charge is 0.495 e. The van der Waals surface area contributed by atoms with Gasteiger partial charge in [-0.25, -0.2) is 8.42 Å². The second-order valence-corrected chi connectivity index (χ2v) is 12.6. The molecular formula is C32H39N3O5S. The molecule has 9 heteroatoms. The Morgan fingerprint density at radius 3 is 2.15 bits per heavy atom. The molecule has 0 aromatic heterocycles. The predicted molar refractivity (Wildman–Crippen MR) is 161 cm³/mol. The topological polar surface area (TPSA) is 96.0 Å². The van der Waals surface area contributed by atoms with Crippen LogP contribution in [0.2, 0.25) is 0 Å². The van der Waals surface area contributed by atoms with Crippen LogP contribution in [0, 0.1) is 6.92 Å². The third-order valence-electron chi connectivity index (χ3n) is 7.45. The minimum absolute atomic E-state index is 0.0681. The Hall–Kier alpha value is -3.85. The number of methoxy groups -OCH3 is 1. The molecule has 41 heavy (non-hydrogen) atoms. The van der Waals surface area contributed by atoms with E-state index in [1.54, 1.807) is 12.1 Å². The Bertz CT molecular complexity index is 1420. The van der Waals surface area contributed by atoms with Gasteiger partial charge < -0.3 is 15.0 Å². The molecule has 1 aliphatic carbocycles. The Morgan fingerprint density at radius 1 is 0.951 bits per heavy atom. The summed E-state index contributed by atoms with van der Waals surface area (Å²) in [6.07, 6.45) is 5.30. The minimum Gasteiger partial charge on any atom is -0.495 e. The van der Waals surface area contributed by atoms with Gasteiger partial charge in [0.15, 0.2) is 0 Å². The van der Waals surface area contributed by atoms with Crippen molar-refractivity contribution in [3.63, 3.8) is 0 Å². The van der Waals surface area contributed by atoms with Crippen LogP contribution < -0.4 is 14.4 Å². The number of hydrogen-bond acceptors (Lipinski definition) is 5. The zero-order chi connectivity index (χ0) is 29.4. The Morgan fingerprint density at radius 2 is 1.56 bits per heavy atom. The van der Waals surface area contributed by atoms with Gasteiger partial charge >= 0.3 is 0 Å². The first-order valence-electron chi connectivity index (χ1n) is 14.0. The zero-order valence-corrected chi connectivity index (χ0v) is 24.8. The van der Waals surface area contributed by atoms with Gasteiger partial charge in [-0.3, -0.25) is 13.9 Å². The van der Waals surface area contributed by atoms with Gasteiger partial charge in [-0.2, -0.15) is 0 Å². The zero-order valence-electron chi connectivity index (χ0n) is 24.0. The number of nitrogens with one attached hydrogen (secondary N) is 1. The Kier molecular flexibility index (Phi) is 10.0. The smallest absolute Gasteiger partial charge is 0.244 e. The minimum atomic E-state index is -3.89. The lowest BCUT2D eigenvalue weighted by Gasteiger charge is -2.34. The van der Waals surface area contributed by atoms with Crippen LogP contribution in [0.1, 0.15) is 42.4 Å². The first-order valence-corrected chi connectivity index (χ1v) is 15.8. The van der Waals surface area contributed by atoms with Gasteiger partial charge in [-0.15, -0.1) is 0 Å². The molecule has 1 N–H and O–H groups in total. The van der Waals surface area contributed by atoms with E-state index in [1.807, 2.05) is 73.7 Å². The van der Waals surface area contributed by atoms with Gasteiger partial charge in [0.05, 0.1) is 19.1 Å². The van der Waals surface area contributed by atoms with E-state index in [4.69, 9.17) is 4.74 Å². The average Bonchev–Trinajstić information content (AvgIpc) is 3.47. The monoisotopic (exact) mass is 577 g/mol. The van der Waals surface area contributed by atoms with Crippen molar-refractivity contribution in [1.29, 1.82) is 0 Å². The van der Waals surface area contributed by atoms with E-state index in [9.17, 15) is 18.0 Å². The van der Waals surface area contributed by atoms with E-state index in [2.05, 4.69) is 5.32 Å². The number of anilines is 1. The van der Waals surface area contributed by atoms with Gasteiger partial charge in [-0.1, -0.05) is 79.6 Å². The number of amides is 2. The highest BCUT2D eigenvalue weighted by molar-refractivity contribution is 7.92. The van der Waals surface area contributed by atoms with Crippen LogP contribution in [0.4, 0.5) is 5.69 Å². The van der Waals surface area contributed by atoms with Crippen molar-refractivity contribution in [2.75, 3.05) is 24.2 Å². The standard InChI is InChI=1S/C32H39N3O5S/c1-24-18-19-30(40-2)28(20-24)35(41(3,38)39)23-31(36)34(22-26-14-8-5-9-15-26)29(21-25-12-6-4-7-13-25)32(37)33-27-16-10-11-17-27/h4-9,12-15,18-20,27,29H,10-11,16-17,21-23H2,1-3H3,(H,33,37)/t29-/m1/s1. The maximum absolute atomic E-state index is 14.2. The van der Waals surface area contributed by atoms with Gasteiger partial charge in [-0.05, 0) is 48.6 Å². The highest BCUT2D eigenvalue weighted by atomic mass is 32.2. The molecule has 0 bridgehead atoms. The molecule has 2 amide bonds. The molecular weight excluding hydrogens is 538 g/mol. The van der Waals surface area contributed by atoms with Crippen molar-refractivity contribution < 1.29 is 22.7 Å². The van der Waals surface area contributed by atoms with Crippen LogP contribution in [0.15, 0.2) is 78.9 Å². The lowest BCUT2D eigenvalue weighted by Crippen LogP contribution is -2.54. The molecule has 1 fully saturated rings. The van der Waals surface area contributed by atoms with Gasteiger partial charge in [0.1, 0.15) is 18.3 Å². The molecule has 1 aliphatic rings. The molecule has 0 radical (unpaired) electrons. The number of aryl methyl sites for hydroxylation is 1. The summed E-state index contributed by atoms with van der Waals surface area (Å²) >= 11 is 0. The van der Waals surface area contributed by atoms with Crippen molar-refractivity contribution in [2.45, 2.75) is 57.7 Å². The quantitative estimate of drug-likeness (QED) is 0.343. The number of benzene rings is 3. The molecule has 1 saturated carbocycles. The number of rotatable bonds is 12. The molecule has 4 rings (SSSR count). The van der Waals surface area contributed by atoms with E-state index in [-0.39, 0.29) is 24.2 Å². The van der Waals surface area contributed by atoms with Crippen molar-refractivity contribution in [3.05, 3.63) is 95.6 Å². The van der Waals surface area contributed by atoms with E-state index in [1.165, 1.54) is 12.0 Å². The Balaban J connectivity index is 1.74. The molecule has 0 heterocycles. The summed E-state index contributed by atoms with van der Waals surface area (Å²) < 4.78 is 32.7. The maximum Gasteiger partial charge on any atom is 0.244 e. The van der Waals surface area contributed by atoms with Crippen LogP contribution in [-0.4, -0.2) is 57.1 Å². The summed E-state index contributed by atoms with van der Waals surface area (Å²) in [6.45, 7) is 1.52. The number of carbonyl (C=O) groups excluding carboxylic acids is 2. The molecule has 3 aromatic carbocycles. The Labute approximate surface area is 243 Å². The number of hydrogen-bond donors (Lipinski definition) is 1. The number of nitrogens with zero attached hydrogens (tertiary/aromatic N) is 2. The average molecular weight is 578 g/mol. The fourth-order valence-corrected chi connectivity index (χ4v) is 6.14. The van der Waals surface area contributed by atoms with Crippen LogP contribution in [0.5, 0.6) is 5.75 Å². The normalized spacial score (nSPS) is 14.3. The van der Waals surface area contributed by atoms with E-state index in [0.717, 1.165) is 52.9 Å². The molecule has 3 aromatic rings. The summed E-state index contributed by atoms with van der Waals surface area (Å²) in [5, 5.41) is 3.18. The molecule has 0 aliphatic heterocycles. The van der Waals surface area contributed by atoms with Gasteiger partial charge in [0.25, 0.3) is 0 Å². The highest BCUT2D eigenvalue weighted by Gasteiger charge is 2.34. The van der Waals surface area contributed by atoms with Gasteiger partial charge in [0, 0.05) is 19.0 Å². The van der Waals surface area contributed by atoms with E-state index >= 15 is 0 Å². The molecule has 218 valence electrons. The van der Waals surface area contributed by atoms with E-state index < -0.39 is 28.5 Å². The maximum atomic E-state index is 14.2. The van der Waals surface area contributed by atoms with Crippen molar-refractivity contribution in [2.24, 2.45) is 0 Å². The summed E-state index contributed by atoms with van der Waals surface area (Å²) in [7, 11) is -2.43. The molecule has 8 nitrogen and oxygen atoms in total. The summed E-state index contributed by atoms with van der Waals surface area (Å²) in [5.74, 6) is -0.377. The number of carbonyl (C=O) groups is 2. The van der Waals surface area contributed by atoms with E-state index in [0.29, 0.717) is 12.2 Å². The van der Waals surface area contributed by atoms with Crippen LogP contribution in [0.25, 0.3) is 0 Å².